The maximum atomic E-state index is 12.4. The summed E-state index contributed by atoms with van der Waals surface area (Å²) in [7, 11) is 0. The van der Waals surface area contributed by atoms with E-state index >= 15 is 0 Å². The molecule has 0 bridgehead atoms. The Bertz CT molecular complexity index is 455. The number of benzene rings is 1. The van der Waals surface area contributed by atoms with Crippen LogP contribution in [0, 0.1) is 0 Å². The predicted octanol–water partition coefficient (Wildman–Crippen LogP) is 2.13. The SMILES string of the molecule is O=C(NC1CCCNCC1)C1CSc2ccccc21. The molecule has 1 saturated heterocycles. The number of rotatable bonds is 2. The molecular formula is C15H20N2OS. The average Bonchev–Trinajstić information content (AvgIpc) is 2.70. The van der Waals surface area contributed by atoms with E-state index in [4.69, 9.17) is 0 Å². The van der Waals surface area contributed by atoms with E-state index in [-0.39, 0.29) is 11.8 Å². The van der Waals surface area contributed by atoms with Gasteiger partial charge in [-0.25, -0.2) is 0 Å². The van der Waals surface area contributed by atoms with Crippen LogP contribution in [0.3, 0.4) is 0 Å². The van der Waals surface area contributed by atoms with Gasteiger partial charge >= 0.3 is 0 Å². The molecule has 2 aliphatic rings. The summed E-state index contributed by atoms with van der Waals surface area (Å²) in [6.07, 6.45) is 3.30. The minimum atomic E-state index is 0.0393. The molecule has 19 heavy (non-hydrogen) atoms. The highest BCUT2D eigenvalue weighted by atomic mass is 32.2. The molecule has 0 aromatic heterocycles. The zero-order chi connectivity index (χ0) is 13.1. The van der Waals surface area contributed by atoms with Crippen molar-refractivity contribution >= 4 is 17.7 Å². The lowest BCUT2D eigenvalue weighted by molar-refractivity contribution is -0.122. The third-order valence-corrected chi connectivity index (χ3v) is 5.12. The molecule has 1 aromatic rings. The summed E-state index contributed by atoms with van der Waals surface area (Å²) in [5, 5.41) is 6.63. The quantitative estimate of drug-likeness (QED) is 0.869. The fraction of sp³-hybridized carbons (Fsp3) is 0.533. The van der Waals surface area contributed by atoms with Crippen LogP contribution in [0.5, 0.6) is 0 Å². The summed E-state index contributed by atoms with van der Waals surface area (Å²) in [6, 6.07) is 8.63. The highest BCUT2D eigenvalue weighted by molar-refractivity contribution is 7.99. The Kier molecular flexibility index (Phi) is 4.09. The second-order valence-corrected chi connectivity index (χ2v) is 6.35. The zero-order valence-electron chi connectivity index (χ0n) is 11.0. The third-order valence-electron chi connectivity index (χ3n) is 3.94. The largest absolute Gasteiger partial charge is 0.353 e. The van der Waals surface area contributed by atoms with Crippen molar-refractivity contribution in [3.8, 4) is 0 Å². The number of thioether (sulfide) groups is 1. The summed E-state index contributed by atoms with van der Waals surface area (Å²) >= 11 is 1.80. The molecule has 3 nitrogen and oxygen atoms in total. The van der Waals surface area contributed by atoms with E-state index in [1.54, 1.807) is 11.8 Å². The minimum Gasteiger partial charge on any atom is -0.353 e. The molecule has 1 aromatic carbocycles. The molecule has 1 amide bonds. The Morgan fingerprint density at radius 1 is 1.26 bits per heavy atom. The molecule has 0 radical (unpaired) electrons. The van der Waals surface area contributed by atoms with Gasteiger partial charge in [-0.15, -0.1) is 11.8 Å². The topological polar surface area (TPSA) is 41.1 Å². The van der Waals surface area contributed by atoms with Crippen molar-refractivity contribution in [2.75, 3.05) is 18.8 Å². The van der Waals surface area contributed by atoms with Crippen LogP contribution < -0.4 is 10.6 Å². The van der Waals surface area contributed by atoms with Gasteiger partial charge in [0, 0.05) is 16.7 Å². The molecule has 1 fully saturated rings. The first kappa shape index (κ1) is 13.0. The number of amides is 1. The number of hydrogen-bond acceptors (Lipinski definition) is 3. The third kappa shape index (κ3) is 2.95. The highest BCUT2D eigenvalue weighted by Gasteiger charge is 2.30. The van der Waals surface area contributed by atoms with Gasteiger partial charge in [-0.2, -0.15) is 0 Å². The van der Waals surface area contributed by atoms with Crippen LogP contribution in [-0.2, 0) is 4.79 Å². The first-order valence-corrected chi connectivity index (χ1v) is 8.06. The van der Waals surface area contributed by atoms with E-state index in [1.165, 1.54) is 10.5 Å². The van der Waals surface area contributed by atoms with Crippen LogP contribution in [0.1, 0.15) is 30.7 Å². The lowest BCUT2D eigenvalue weighted by Crippen LogP contribution is -2.38. The van der Waals surface area contributed by atoms with Crippen molar-refractivity contribution in [3.05, 3.63) is 29.8 Å². The first-order chi connectivity index (χ1) is 9.34. The molecule has 2 N–H and O–H groups in total. The summed E-state index contributed by atoms with van der Waals surface area (Å²) in [4.78, 5) is 13.7. The number of carbonyl (C=O) groups excluding carboxylic acids is 1. The van der Waals surface area contributed by atoms with Crippen LogP contribution in [0.2, 0.25) is 0 Å². The van der Waals surface area contributed by atoms with Crippen LogP contribution in [0.15, 0.2) is 29.2 Å². The normalized spacial score (nSPS) is 26.5. The van der Waals surface area contributed by atoms with Gasteiger partial charge in [0.05, 0.1) is 5.92 Å². The maximum Gasteiger partial charge on any atom is 0.228 e. The van der Waals surface area contributed by atoms with Gasteiger partial charge in [-0.3, -0.25) is 4.79 Å². The molecule has 0 spiro atoms. The Hall–Kier alpha value is -1.00. The molecule has 102 valence electrons. The van der Waals surface area contributed by atoms with Crippen LogP contribution in [0.25, 0.3) is 0 Å². The highest BCUT2D eigenvalue weighted by Crippen LogP contribution is 2.39. The van der Waals surface area contributed by atoms with Crippen molar-refractivity contribution < 1.29 is 4.79 Å². The predicted molar refractivity (Wildman–Crippen MR) is 78.6 cm³/mol. The molecule has 2 aliphatic heterocycles. The molecule has 2 atom stereocenters. The summed E-state index contributed by atoms with van der Waals surface area (Å²) < 4.78 is 0. The zero-order valence-corrected chi connectivity index (χ0v) is 11.8. The van der Waals surface area contributed by atoms with Crippen LogP contribution in [0.4, 0.5) is 0 Å². The second-order valence-electron chi connectivity index (χ2n) is 5.29. The van der Waals surface area contributed by atoms with Gasteiger partial charge in [-0.05, 0) is 44.0 Å². The molecule has 0 aliphatic carbocycles. The van der Waals surface area contributed by atoms with Gasteiger partial charge in [0.15, 0.2) is 0 Å². The van der Waals surface area contributed by atoms with Gasteiger partial charge < -0.3 is 10.6 Å². The van der Waals surface area contributed by atoms with Gasteiger partial charge in [0.25, 0.3) is 0 Å². The fourth-order valence-corrected chi connectivity index (χ4v) is 4.07. The molecule has 2 heterocycles. The van der Waals surface area contributed by atoms with Crippen molar-refractivity contribution in [1.82, 2.24) is 10.6 Å². The number of fused-ring (bicyclic) bond motifs is 1. The summed E-state index contributed by atoms with van der Waals surface area (Å²) in [5.74, 6) is 1.14. The van der Waals surface area contributed by atoms with E-state index in [2.05, 4.69) is 22.8 Å². The van der Waals surface area contributed by atoms with Crippen molar-refractivity contribution in [2.24, 2.45) is 0 Å². The monoisotopic (exact) mass is 276 g/mol. The Balaban J connectivity index is 1.65. The van der Waals surface area contributed by atoms with Crippen LogP contribution >= 0.6 is 11.8 Å². The Labute approximate surface area is 118 Å². The maximum absolute atomic E-state index is 12.4. The number of nitrogens with one attached hydrogen (secondary N) is 2. The summed E-state index contributed by atoms with van der Waals surface area (Å²) in [5.41, 5.74) is 1.21. The summed E-state index contributed by atoms with van der Waals surface area (Å²) in [6.45, 7) is 2.09. The molecule has 0 saturated carbocycles. The molecular weight excluding hydrogens is 256 g/mol. The van der Waals surface area contributed by atoms with Gasteiger partial charge in [0.1, 0.15) is 0 Å². The molecule has 4 heteroatoms. The van der Waals surface area contributed by atoms with E-state index in [9.17, 15) is 4.79 Å². The standard InChI is InChI=1S/C15H20N2OS/c18-15(17-11-4-3-8-16-9-7-11)13-10-19-14-6-2-1-5-12(13)14/h1-2,5-6,11,13,16H,3-4,7-10H2,(H,17,18). The number of carbonyl (C=O) groups is 1. The number of hydrogen-bond donors (Lipinski definition) is 2. The fourth-order valence-electron chi connectivity index (χ4n) is 2.84. The molecule has 3 rings (SSSR count). The van der Waals surface area contributed by atoms with E-state index in [0.717, 1.165) is 38.1 Å². The van der Waals surface area contributed by atoms with Crippen molar-refractivity contribution in [3.63, 3.8) is 0 Å². The average molecular weight is 276 g/mol. The van der Waals surface area contributed by atoms with Crippen LogP contribution in [-0.4, -0.2) is 30.8 Å². The lowest BCUT2D eigenvalue weighted by atomic mass is 9.99. The first-order valence-electron chi connectivity index (χ1n) is 7.07. The van der Waals surface area contributed by atoms with E-state index < -0.39 is 0 Å². The van der Waals surface area contributed by atoms with E-state index in [0.29, 0.717) is 6.04 Å². The lowest BCUT2D eigenvalue weighted by Gasteiger charge is -2.19. The van der Waals surface area contributed by atoms with E-state index in [1.807, 2.05) is 12.1 Å². The Morgan fingerprint density at radius 2 is 2.16 bits per heavy atom. The van der Waals surface area contributed by atoms with Crippen molar-refractivity contribution in [2.45, 2.75) is 36.1 Å². The van der Waals surface area contributed by atoms with Gasteiger partial charge in [0.2, 0.25) is 5.91 Å². The minimum absolute atomic E-state index is 0.0393. The molecule has 2 unspecified atom stereocenters. The van der Waals surface area contributed by atoms with Crippen molar-refractivity contribution in [1.29, 1.82) is 0 Å². The Morgan fingerprint density at radius 3 is 3.11 bits per heavy atom. The smallest absolute Gasteiger partial charge is 0.228 e. The second kappa shape index (κ2) is 5.97. The van der Waals surface area contributed by atoms with Gasteiger partial charge in [-0.1, -0.05) is 18.2 Å².